The van der Waals surface area contributed by atoms with Gasteiger partial charge in [-0.2, -0.15) is 5.26 Å². The maximum Gasteiger partial charge on any atom is 0.161 e. The molecule has 0 aliphatic carbocycles. The first-order valence-corrected chi connectivity index (χ1v) is 7.47. The van der Waals surface area contributed by atoms with E-state index in [2.05, 4.69) is 50.4 Å². The first kappa shape index (κ1) is 13.5. The number of nitriles is 1. The van der Waals surface area contributed by atoms with Gasteiger partial charge in [-0.1, -0.05) is 12.1 Å². The van der Waals surface area contributed by atoms with Crippen molar-refractivity contribution < 1.29 is 0 Å². The third-order valence-electron chi connectivity index (χ3n) is 4.20. The molecule has 112 valence electrons. The minimum absolute atomic E-state index is 0.689. The van der Waals surface area contributed by atoms with Gasteiger partial charge in [0.05, 0.1) is 22.7 Å². The van der Waals surface area contributed by atoms with Gasteiger partial charge < -0.3 is 4.57 Å². The van der Waals surface area contributed by atoms with Crippen molar-refractivity contribution in [3.8, 4) is 6.07 Å². The lowest BCUT2D eigenvalue weighted by atomic mass is 10.1. The minimum Gasteiger partial charge on any atom is -0.339 e. The Labute approximate surface area is 133 Å². The molecular formula is C18H15N5. The molecule has 0 atom stereocenters. The van der Waals surface area contributed by atoms with Crippen molar-refractivity contribution in [3.05, 3.63) is 65.1 Å². The molecule has 0 fully saturated rings. The van der Waals surface area contributed by atoms with E-state index in [9.17, 15) is 0 Å². The lowest BCUT2D eigenvalue weighted by Crippen LogP contribution is -2.02. The second-order valence-electron chi connectivity index (χ2n) is 5.73. The molecule has 0 spiro atoms. The van der Waals surface area contributed by atoms with Gasteiger partial charge in [-0.25, -0.2) is 0 Å². The molecule has 4 rings (SSSR count). The Kier molecular flexibility index (Phi) is 2.91. The third kappa shape index (κ3) is 2.08. The standard InChI is InChI=1S/C18H15N5/c1-12-8-17-16(6-7-18-21-20-13(2)23(17)18)22(12)11-15-5-3-4-14(9-15)10-19/h3-9H,11H2,1-2H3. The zero-order chi connectivity index (χ0) is 16.0. The molecule has 0 saturated heterocycles. The molecule has 1 aromatic carbocycles. The highest BCUT2D eigenvalue weighted by atomic mass is 15.2. The van der Waals surface area contributed by atoms with Crippen LogP contribution >= 0.6 is 0 Å². The summed E-state index contributed by atoms with van der Waals surface area (Å²) >= 11 is 0. The molecule has 0 N–H and O–H groups in total. The quantitative estimate of drug-likeness (QED) is 0.571. The van der Waals surface area contributed by atoms with Crippen LogP contribution in [0.3, 0.4) is 0 Å². The van der Waals surface area contributed by atoms with Crippen LogP contribution in [0, 0.1) is 25.2 Å². The van der Waals surface area contributed by atoms with Crippen molar-refractivity contribution >= 4 is 16.7 Å². The summed E-state index contributed by atoms with van der Waals surface area (Å²) < 4.78 is 4.33. The molecule has 0 aliphatic heterocycles. The topological polar surface area (TPSA) is 58.9 Å². The second-order valence-corrected chi connectivity index (χ2v) is 5.73. The Morgan fingerprint density at radius 1 is 1.04 bits per heavy atom. The molecule has 5 heteroatoms. The zero-order valence-corrected chi connectivity index (χ0v) is 13.0. The molecule has 0 radical (unpaired) electrons. The normalized spacial score (nSPS) is 11.2. The average Bonchev–Trinajstić information content (AvgIpc) is 3.09. The van der Waals surface area contributed by atoms with Crippen LogP contribution < -0.4 is 0 Å². The van der Waals surface area contributed by atoms with E-state index in [0.29, 0.717) is 5.56 Å². The Morgan fingerprint density at radius 3 is 2.74 bits per heavy atom. The first-order chi connectivity index (χ1) is 11.2. The highest BCUT2D eigenvalue weighted by Crippen LogP contribution is 2.23. The molecule has 4 aromatic rings. The highest BCUT2D eigenvalue weighted by molar-refractivity contribution is 5.81. The Hall–Kier alpha value is -3.13. The number of pyridine rings is 1. The van der Waals surface area contributed by atoms with Crippen LogP contribution in [0.1, 0.15) is 22.6 Å². The highest BCUT2D eigenvalue weighted by Gasteiger charge is 2.12. The monoisotopic (exact) mass is 301 g/mol. The number of rotatable bonds is 2. The summed E-state index contributed by atoms with van der Waals surface area (Å²) in [5.41, 5.74) is 6.08. The maximum atomic E-state index is 9.07. The van der Waals surface area contributed by atoms with Crippen molar-refractivity contribution in [3.63, 3.8) is 0 Å². The van der Waals surface area contributed by atoms with Crippen molar-refractivity contribution in [1.29, 1.82) is 5.26 Å². The van der Waals surface area contributed by atoms with E-state index in [-0.39, 0.29) is 0 Å². The van der Waals surface area contributed by atoms with E-state index in [1.165, 1.54) is 5.69 Å². The predicted molar refractivity (Wildman–Crippen MR) is 88.2 cm³/mol. The first-order valence-electron chi connectivity index (χ1n) is 7.47. The number of fused-ring (bicyclic) bond motifs is 3. The van der Waals surface area contributed by atoms with Gasteiger partial charge in [0.1, 0.15) is 5.82 Å². The smallest absolute Gasteiger partial charge is 0.161 e. The van der Waals surface area contributed by atoms with Gasteiger partial charge >= 0.3 is 0 Å². The molecule has 5 nitrogen and oxygen atoms in total. The summed E-state index contributed by atoms with van der Waals surface area (Å²) in [7, 11) is 0. The fourth-order valence-electron chi connectivity index (χ4n) is 3.10. The van der Waals surface area contributed by atoms with E-state index >= 15 is 0 Å². The van der Waals surface area contributed by atoms with E-state index in [1.807, 2.05) is 31.2 Å². The van der Waals surface area contributed by atoms with Crippen LogP contribution in [-0.2, 0) is 6.54 Å². The molecule has 0 unspecified atom stereocenters. The molecular weight excluding hydrogens is 286 g/mol. The third-order valence-corrected chi connectivity index (χ3v) is 4.20. The number of hydrogen-bond donors (Lipinski definition) is 0. The summed E-state index contributed by atoms with van der Waals surface area (Å²) in [5, 5.41) is 17.4. The Morgan fingerprint density at radius 2 is 1.91 bits per heavy atom. The van der Waals surface area contributed by atoms with Gasteiger partial charge in [-0.15, -0.1) is 10.2 Å². The summed E-state index contributed by atoms with van der Waals surface area (Å²) in [6.07, 6.45) is 0. The van der Waals surface area contributed by atoms with Crippen molar-refractivity contribution in [2.24, 2.45) is 0 Å². The molecule has 3 heterocycles. The van der Waals surface area contributed by atoms with E-state index in [4.69, 9.17) is 5.26 Å². The van der Waals surface area contributed by atoms with Gasteiger partial charge in [0.15, 0.2) is 5.65 Å². The van der Waals surface area contributed by atoms with Gasteiger partial charge in [0.25, 0.3) is 0 Å². The molecule has 0 aliphatic rings. The van der Waals surface area contributed by atoms with Crippen LogP contribution in [0.25, 0.3) is 16.7 Å². The number of aryl methyl sites for hydroxylation is 2. The van der Waals surface area contributed by atoms with Crippen LogP contribution in [0.2, 0.25) is 0 Å². The molecule has 3 aromatic heterocycles. The predicted octanol–water partition coefficient (Wildman–Crippen LogP) is 3.22. The SMILES string of the molecule is Cc1cc2c(ccc3nnc(C)n32)n1Cc1cccc(C#N)c1. The van der Waals surface area contributed by atoms with Crippen LogP contribution in [-0.4, -0.2) is 19.2 Å². The van der Waals surface area contributed by atoms with Gasteiger partial charge in [-0.3, -0.25) is 4.40 Å². The number of aromatic nitrogens is 4. The number of hydrogen-bond acceptors (Lipinski definition) is 3. The summed E-state index contributed by atoms with van der Waals surface area (Å²) in [5.74, 6) is 0.884. The number of nitrogens with zero attached hydrogens (tertiary/aromatic N) is 5. The molecule has 0 bridgehead atoms. The van der Waals surface area contributed by atoms with Gasteiger partial charge in [0, 0.05) is 12.2 Å². The average molecular weight is 301 g/mol. The molecule has 23 heavy (non-hydrogen) atoms. The molecule has 0 saturated carbocycles. The summed E-state index contributed by atoms with van der Waals surface area (Å²) in [6.45, 7) is 4.79. The van der Waals surface area contributed by atoms with E-state index < -0.39 is 0 Å². The maximum absolute atomic E-state index is 9.07. The van der Waals surface area contributed by atoms with Crippen LogP contribution in [0.5, 0.6) is 0 Å². The van der Waals surface area contributed by atoms with Crippen molar-refractivity contribution in [1.82, 2.24) is 19.2 Å². The Balaban J connectivity index is 1.90. The fourth-order valence-corrected chi connectivity index (χ4v) is 3.10. The van der Waals surface area contributed by atoms with Crippen molar-refractivity contribution in [2.45, 2.75) is 20.4 Å². The van der Waals surface area contributed by atoms with E-state index in [1.54, 1.807) is 0 Å². The fraction of sp³-hybridized carbons (Fsp3) is 0.167. The summed E-state index contributed by atoms with van der Waals surface area (Å²) in [4.78, 5) is 0. The zero-order valence-electron chi connectivity index (χ0n) is 13.0. The minimum atomic E-state index is 0.689. The summed E-state index contributed by atoms with van der Waals surface area (Å²) in [6, 6.07) is 16.2. The van der Waals surface area contributed by atoms with Crippen molar-refractivity contribution in [2.75, 3.05) is 0 Å². The largest absolute Gasteiger partial charge is 0.339 e. The van der Waals surface area contributed by atoms with Crippen LogP contribution in [0.4, 0.5) is 0 Å². The van der Waals surface area contributed by atoms with Crippen LogP contribution in [0.15, 0.2) is 42.5 Å². The second kappa shape index (κ2) is 4.96. The van der Waals surface area contributed by atoms with Gasteiger partial charge in [0.2, 0.25) is 0 Å². The van der Waals surface area contributed by atoms with E-state index in [0.717, 1.165) is 34.6 Å². The molecule has 0 amide bonds. The Bertz CT molecular complexity index is 1080. The van der Waals surface area contributed by atoms with Gasteiger partial charge in [-0.05, 0) is 49.7 Å². The lowest BCUT2D eigenvalue weighted by Gasteiger charge is -2.09. The number of benzene rings is 1. The lowest BCUT2D eigenvalue weighted by molar-refractivity contribution is 0.804.